The van der Waals surface area contributed by atoms with E-state index in [0.717, 1.165) is 44.5 Å². The Labute approximate surface area is 210 Å². The molecule has 4 aromatic rings. The third kappa shape index (κ3) is 7.80. The zero-order valence-corrected chi connectivity index (χ0v) is 20.7. The predicted octanol–water partition coefficient (Wildman–Crippen LogP) is 7.12. The number of hydrogen-bond acceptors (Lipinski definition) is 3. The Hall–Kier alpha value is -3.43. The molecular weight excluding hydrogens is 428 g/mol. The summed E-state index contributed by atoms with van der Waals surface area (Å²) in [5, 5.41) is 3.62. The Morgan fingerprint density at radius 1 is 0.771 bits per heavy atom. The SMILES string of the molecule is CCC(CNCc1ccc(CCCc2ccccc2OCc2ccccc2)cc1)c1cccnc1. The van der Waals surface area contributed by atoms with Gasteiger partial charge in [-0.05, 0) is 71.6 Å². The van der Waals surface area contributed by atoms with Crippen molar-refractivity contribution in [3.63, 3.8) is 0 Å². The van der Waals surface area contributed by atoms with Crippen LogP contribution in [0.3, 0.4) is 0 Å². The second-order valence-corrected chi connectivity index (χ2v) is 9.07. The monoisotopic (exact) mass is 464 g/mol. The van der Waals surface area contributed by atoms with Crippen molar-refractivity contribution >= 4 is 0 Å². The summed E-state index contributed by atoms with van der Waals surface area (Å²) in [7, 11) is 0. The van der Waals surface area contributed by atoms with E-state index in [4.69, 9.17) is 4.74 Å². The molecule has 3 heteroatoms. The molecule has 0 fully saturated rings. The molecule has 3 aromatic carbocycles. The van der Waals surface area contributed by atoms with Gasteiger partial charge in [0.1, 0.15) is 12.4 Å². The van der Waals surface area contributed by atoms with Crippen LogP contribution in [0.4, 0.5) is 0 Å². The van der Waals surface area contributed by atoms with E-state index >= 15 is 0 Å². The molecule has 0 amide bonds. The van der Waals surface area contributed by atoms with Gasteiger partial charge in [0.25, 0.3) is 0 Å². The summed E-state index contributed by atoms with van der Waals surface area (Å²) in [6.45, 7) is 4.70. The average molecular weight is 465 g/mol. The fourth-order valence-electron chi connectivity index (χ4n) is 4.40. The molecule has 1 heterocycles. The van der Waals surface area contributed by atoms with Gasteiger partial charge in [0.2, 0.25) is 0 Å². The lowest BCUT2D eigenvalue weighted by Gasteiger charge is -2.16. The quantitative estimate of drug-likeness (QED) is 0.229. The number of ether oxygens (including phenoxy) is 1. The summed E-state index contributed by atoms with van der Waals surface area (Å²) < 4.78 is 6.12. The smallest absolute Gasteiger partial charge is 0.122 e. The molecule has 0 radical (unpaired) electrons. The molecule has 0 aliphatic heterocycles. The Morgan fingerprint density at radius 2 is 1.54 bits per heavy atom. The van der Waals surface area contributed by atoms with Crippen LogP contribution >= 0.6 is 0 Å². The lowest BCUT2D eigenvalue weighted by Crippen LogP contribution is -2.21. The van der Waals surface area contributed by atoms with Gasteiger partial charge in [0.15, 0.2) is 0 Å². The third-order valence-corrected chi connectivity index (χ3v) is 6.51. The molecule has 1 N–H and O–H groups in total. The molecule has 180 valence electrons. The maximum Gasteiger partial charge on any atom is 0.122 e. The summed E-state index contributed by atoms with van der Waals surface area (Å²) in [6, 6.07) is 32.0. The first-order chi connectivity index (χ1) is 17.3. The molecule has 0 aliphatic rings. The number of nitrogens with one attached hydrogen (secondary N) is 1. The van der Waals surface area contributed by atoms with Gasteiger partial charge in [0, 0.05) is 25.5 Å². The van der Waals surface area contributed by atoms with Crippen molar-refractivity contribution in [2.45, 2.75) is 51.7 Å². The van der Waals surface area contributed by atoms with Gasteiger partial charge in [-0.15, -0.1) is 0 Å². The summed E-state index contributed by atoms with van der Waals surface area (Å²) in [5.41, 5.74) is 6.50. The molecule has 0 spiro atoms. The van der Waals surface area contributed by atoms with Gasteiger partial charge in [0.05, 0.1) is 0 Å². The van der Waals surface area contributed by atoms with Gasteiger partial charge in [-0.1, -0.05) is 85.8 Å². The number of aromatic nitrogens is 1. The molecule has 3 nitrogen and oxygen atoms in total. The van der Waals surface area contributed by atoms with Crippen LogP contribution in [-0.4, -0.2) is 11.5 Å². The van der Waals surface area contributed by atoms with E-state index in [1.807, 2.05) is 24.5 Å². The largest absolute Gasteiger partial charge is 0.489 e. The molecule has 35 heavy (non-hydrogen) atoms. The van der Waals surface area contributed by atoms with Crippen LogP contribution < -0.4 is 10.1 Å². The first kappa shape index (κ1) is 24.7. The van der Waals surface area contributed by atoms with Crippen molar-refractivity contribution in [1.29, 1.82) is 0 Å². The topological polar surface area (TPSA) is 34.1 Å². The van der Waals surface area contributed by atoms with Gasteiger partial charge >= 0.3 is 0 Å². The van der Waals surface area contributed by atoms with Crippen molar-refractivity contribution < 1.29 is 4.74 Å². The molecule has 0 aliphatic carbocycles. The standard InChI is InChI=1S/C32H36N2O/c1-2-29(31-15-9-21-33-24-31)23-34-22-27-19-17-26(18-20-27)12-8-14-30-13-6-7-16-32(30)35-25-28-10-4-3-5-11-28/h3-7,9-11,13,15-21,24,29,34H,2,8,12,14,22-23,25H2,1H3. The first-order valence-corrected chi connectivity index (χ1v) is 12.7. The van der Waals surface area contributed by atoms with Crippen LogP contribution in [0.1, 0.15) is 53.5 Å². The summed E-state index contributed by atoms with van der Waals surface area (Å²) in [6.07, 6.45) is 8.12. The maximum atomic E-state index is 6.12. The molecule has 0 bridgehead atoms. The minimum atomic E-state index is 0.502. The summed E-state index contributed by atoms with van der Waals surface area (Å²) in [4.78, 5) is 4.26. The number of benzene rings is 3. The third-order valence-electron chi connectivity index (χ3n) is 6.51. The number of hydrogen-bond donors (Lipinski definition) is 1. The van der Waals surface area contributed by atoms with Gasteiger partial charge in [-0.2, -0.15) is 0 Å². The van der Waals surface area contributed by atoms with Gasteiger partial charge in [-0.25, -0.2) is 0 Å². The lowest BCUT2D eigenvalue weighted by molar-refractivity contribution is 0.302. The highest BCUT2D eigenvalue weighted by Gasteiger charge is 2.09. The van der Waals surface area contributed by atoms with Crippen molar-refractivity contribution in [1.82, 2.24) is 10.3 Å². The van der Waals surface area contributed by atoms with Crippen molar-refractivity contribution in [2.75, 3.05) is 6.54 Å². The molecule has 1 atom stereocenters. The molecule has 1 unspecified atom stereocenters. The van der Waals surface area contributed by atoms with Crippen molar-refractivity contribution in [3.8, 4) is 5.75 Å². The highest BCUT2D eigenvalue weighted by atomic mass is 16.5. The van der Waals surface area contributed by atoms with Crippen LogP contribution in [0.2, 0.25) is 0 Å². The van der Waals surface area contributed by atoms with E-state index in [-0.39, 0.29) is 0 Å². The van der Waals surface area contributed by atoms with E-state index in [9.17, 15) is 0 Å². The molecule has 4 rings (SSSR count). The van der Waals surface area contributed by atoms with Crippen molar-refractivity contribution in [2.24, 2.45) is 0 Å². The fraction of sp³-hybridized carbons (Fsp3) is 0.281. The number of para-hydroxylation sites is 1. The minimum Gasteiger partial charge on any atom is -0.489 e. The van der Waals surface area contributed by atoms with Gasteiger partial charge < -0.3 is 10.1 Å². The second kappa shape index (κ2) is 13.5. The molecule has 0 saturated carbocycles. The zero-order chi connectivity index (χ0) is 24.1. The Balaban J connectivity index is 1.21. The summed E-state index contributed by atoms with van der Waals surface area (Å²) in [5.74, 6) is 1.50. The Kier molecular flexibility index (Phi) is 9.49. The van der Waals surface area contributed by atoms with E-state index in [2.05, 4.69) is 96.1 Å². The first-order valence-electron chi connectivity index (χ1n) is 12.7. The van der Waals surface area contributed by atoms with Crippen LogP contribution in [0.5, 0.6) is 5.75 Å². The minimum absolute atomic E-state index is 0.502. The number of nitrogens with zero attached hydrogens (tertiary/aromatic N) is 1. The normalized spacial score (nSPS) is 11.8. The highest BCUT2D eigenvalue weighted by Crippen LogP contribution is 2.22. The highest BCUT2D eigenvalue weighted by molar-refractivity contribution is 5.34. The van der Waals surface area contributed by atoms with E-state index in [0.29, 0.717) is 12.5 Å². The Morgan fingerprint density at radius 3 is 2.31 bits per heavy atom. The Bertz CT molecular complexity index is 1130. The van der Waals surface area contributed by atoms with Crippen LogP contribution in [0.25, 0.3) is 0 Å². The fourth-order valence-corrected chi connectivity index (χ4v) is 4.40. The van der Waals surface area contributed by atoms with E-state index in [1.165, 1.54) is 27.8 Å². The second-order valence-electron chi connectivity index (χ2n) is 9.07. The maximum absolute atomic E-state index is 6.12. The zero-order valence-electron chi connectivity index (χ0n) is 20.7. The number of pyridine rings is 1. The van der Waals surface area contributed by atoms with Crippen LogP contribution in [0, 0.1) is 0 Å². The summed E-state index contributed by atoms with van der Waals surface area (Å²) >= 11 is 0. The lowest BCUT2D eigenvalue weighted by atomic mass is 9.98. The van der Waals surface area contributed by atoms with E-state index in [1.54, 1.807) is 0 Å². The van der Waals surface area contributed by atoms with Gasteiger partial charge in [-0.3, -0.25) is 4.98 Å². The average Bonchev–Trinajstić information content (AvgIpc) is 2.92. The predicted molar refractivity (Wildman–Crippen MR) is 145 cm³/mol. The molecule has 1 aromatic heterocycles. The van der Waals surface area contributed by atoms with Crippen LogP contribution in [0.15, 0.2) is 103 Å². The molecule has 0 saturated heterocycles. The van der Waals surface area contributed by atoms with E-state index < -0.39 is 0 Å². The number of aryl methyl sites for hydroxylation is 2. The number of rotatable bonds is 13. The van der Waals surface area contributed by atoms with Crippen molar-refractivity contribution in [3.05, 3.63) is 131 Å². The molecular formula is C32H36N2O. The van der Waals surface area contributed by atoms with Crippen LogP contribution in [-0.2, 0) is 26.0 Å².